The molecule has 1 aliphatic heterocycles. The summed E-state index contributed by atoms with van der Waals surface area (Å²) >= 11 is 0. The number of aryl methyl sites for hydroxylation is 2. The van der Waals surface area contributed by atoms with E-state index in [1.807, 2.05) is 43.1 Å². The topological polar surface area (TPSA) is 55.4 Å². The molecule has 130 valence electrons. The minimum Gasteiger partial charge on any atom is -0.341 e. The summed E-state index contributed by atoms with van der Waals surface area (Å²) in [5, 5.41) is 8.62. The van der Waals surface area contributed by atoms with E-state index >= 15 is 0 Å². The first kappa shape index (κ1) is 15.9. The maximum Gasteiger partial charge on any atom is 0.242 e. The van der Waals surface area contributed by atoms with E-state index in [1.165, 1.54) is 0 Å². The van der Waals surface area contributed by atoms with Crippen LogP contribution >= 0.6 is 0 Å². The summed E-state index contributed by atoms with van der Waals surface area (Å²) in [7, 11) is 0. The summed E-state index contributed by atoms with van der Waals surface area (Å²) in [5.41, 5.74) is 3.15. The van der Waals surface area contributed by atoms with Crippen LogP contribution in [0.15, 0.2) is 36.5 Å². The standard InChI is InChI=1S/C19H23N5O/c1-14-6-7-15(2)24(14)13-18(25)22-11-8-16(9-12-22)19-21-20-17-5-3-4-10-23(17)19/h3-7,10,16H,8-9,11-13H2,1-2H3. The van der Waals surface area contributed by atoms with Gasteiger partial charge in [0.15, 0.2) is 5.65 Å². The SMILES string of the molecule is Cc1ccc(C)n1CC(=O)N1CCC(c2nnc3ccccn23)CC1. The number of carbonyl (C=O) groups is 1. The van der Waals surface area contributed by atoms with E-state index in [-0.39, 0.29) is 5.91 Å². The van der Waals surface area contributed by atoms with Crippen LogP contribution < -0.4 is 0 Å². The van der Waals surface area contributed by atoms with E-state index in [4.69, 9.17) is 0 Å². The van der Waals surface area contributed by atoms with Crippen molar-refractivity contribution in [3.63, 3.8) is 0 Å². The average molecular weight is 337 g/mol. The van der Waals surface area contributed by atoms with Gasteiger partial charge in [0.1, 0.15) is 12.4 Å². The molecule has 3 aromatic heterocycles. The molecule has 4 heterocycles. The predicted octanol–water partition coefficient (Wildman–Crippen LogP) is 2.55. The highest BCUT2D eigenvalue weighted by molar-refractivity contribution is 5.76. The first-order valence-electron chi connectivity index (χ1n) is 8.83. The molecular weight excluding hydrogens is 314 g/mol. The molecule has 0 spiro atoms. The molecule has 25 heavy (non-hydrogen) atoms. The van der Waals surface area contributed by atoms with E-state index in [9.17, 15) is 4.79 Å². The molecule has 1 saturated heterocycles. The monoisotopic (exact) mass is 337 g/mol. The van der Waals surface area contributed by atoms with E-state index in [0.717, 1.165) is 48.8 Å². The summed E-state index contributed by atoms with van der Waals surface area (Å²) in [6, 6.07) is 10.1. The molecule has 0 atom stereocenters. The van der Waals surface area contributed by atoms with Crippen LogP contribution in [0.25, 0.3) is 5.65 Å². The molecule has 0 aromatic carbocycles. The van der Waals surface area contributed by atoms with Crippen LogP contribution in [0.1, 0.15) is 36.0 Å². The minimum absolute atomic E-state index is 0.201. The summed E-state index contributed by atoms with van der Waals surface area (Å²) in [5.74, 6) is 1.57. The molecule has 0 aliphatic carbocycles. The molecule has 3 aromatic rings. The summed E-state index contributed by atoms with van der Waals surface area (Å²) in [6.45, 7) is 6.09. The van der Waals surface area contributed by atoms with Crippen molar-refractivity contribution in [2.24, 2.45) is 0 Å². The molecule has 1 fully saturated rings. The van der Waals surface area contributed by atoms with Crippen molar-refractivity contribution in [1.29, 1.82) is 0 Å². The number of likely N-dealkylation sites (tertiary alicyclic amines) is 1. The third kappa shape index (κ3) is 2.92. The van der Waals surface area contributed by atoms with Crippen LogP contribution in [0.2, 0.25) is 0 Å². The molecule has 4 rings (SSSR count). The second-order valence-electron chi connectivity index (χ2n) is 6.84. The van der Waals surface area contributed by atoms with Gasteiger partial charge in [-0.1, -0.05) is 6.07 Å². The normalized spacial score (nSPS) is 15.8. The van der Waals surface area contributed by atoms with Gasteiger partial charge in [-0.2, -0.15) is 0 Å². The fraction of sp³-hybridized carbons (Fsp3) is 0.421. The van der Waals surface area contributed by atoms with Gasteiger partial charge in [-0.15, -0.1) is 10.2 Å². The molecule has 0 unspecified atom stereocenters. The molecule has 1 aliphatic rings. The lowest BCUT2D eigenvalue weighted by Crippen LogP contribution is -2.40. The molecular formula is C19H23N5O. The Kier molecular flexibility index (Phi) is 4.03. The van der Waals surface area contributed by atoms with Crippen molar-refractivity contribution in [1.82, 2.24) is 24.1 Å². The number of aromatic nitrogens is 4. The lowest BCUT2D eigenvalue weighted by atomic mass is 9.96. The van der Waals surface area contributed by atoms with E-state index in [1.54, 1.807) is 0 Å². The van der Waals surface area contributed by atoms with Crippen molar-refractivity contribution in [2.45, 2.75) is 39.2 Å². The predicted molar refractivity (Wildman–Crippen MR) is 95.4 cm³/mol. The number of nitrogens with zero attached hydrogens (tertiary/aromatic N) is 5. The zero-order chi connectivity index (χ0) is 17.4. The lowest BCUT2D eigenvalue weighted by molar-refractivity contribution is -0.133. The van der Waals surface area contributed by atoms with Crippen LogP contribution in [-0.2, 0) is 11.3 Å². The van der Waals surface area contributed by atoms with Crippen LogP contribution in [0.3, 0.4) is 0 Å². The van der Waals surface area contributed by atoms with E-state index in [0.29, 0.717) is 12.5 Å². The smallest absolute Gasteiger partial charge is 0.242 e. The summed E-state index contributed by atoms with van der Waals surface area (Å²) in [4.78, 5) is 14.6. The Labute approximate surface area is 147 Å². The summed E-state index contributed by atoms with van der Waals surface area (Å²) in [6.07, 6.45) is 3.88. The van der Waals surface area contributed by atoms with Crippen molar-refractivity contribution < 1.29 is 4.79 Å². The number of rotatable bonds is 3. The third-order valence-electron chi connectivity index (χ3n) is 5.26. The van der Waals surface area contributed by atoms with Crippen molar-refractivity contribution in [3.8, 4) is 0 Å². The highest BCUT2D eigenvalue weighted by Gasteiger charge is 2.27. The van der Waals surface area contributed by atoms with Gasteiger partial charge >= 0.3 is 0 Å². The average Bonchev–Trinajstić information content (AvgIpc) is 3.20. The highest BCUT2D eigenvalue weighted by atomic mass is 16.2. The van der Waals surface area contributed by atoms with Gasteiger partial charge in [-0.3, -0.25) is 9.20 Å². The van der Waals surface area contributed by atoms with Crippen molar-refractivity contribution >= 4 is 11.6 Å². The number of hydrogen-bond acceptors (Lipinski definition) is 3. The van der Waals surface area contributed by atoms with Crippen LogP contribution in [0.4, 0.5) is 0 Å². The van der Waals surface area contributed by atoms with Gasteiger partial charge in [0.05, 0.1) is 0 Å². The van der Waals surface area contributed by atoms with Gasteiger partial charge in [0, 0.05) is 36.6 Å². The first-order chi connectivity index (χ1) is 12.1. The maximum atomic E-state index is 12.6. The molecule has 0 bridgehead atoms. The van der Waals surface area contributed by atoms with Crippen molar-refractivity contribution in [3.05, 3.63) is 53.7 Å². The molecule has 0 N–H and O–H groups in total. The maximum absolute atomic E-state index is 12.6. The van der Waals surface area contributed by atoms with Crippen LogP contribution in [0, 0.1) is 13.8 Å². The molecule has 6 nitrogen and oxygen atoms in total. The number of amides is 1. The Bertz CT molecular complexity index is 882. The van der Waals surface area contributed by atoms with Gasteiger partial charge in [-0.25, -0.2) is 0 Å². The third-order valence-corrected chi connectivity index (χ3v) is 5.26. The lowest BCUT2D eigenvalue weighted by Gasteiger charge is -2.31. The number of hydrogen-bond donors (Lipinski definition) is 0. The number of pyridine rings is 1. The van der Waals surface area contributed by atoms with Gasteiger partial charge in [0.25, 0.3) is 0 Å². The van der Waals surface area contributed by atoms with E-state index < -0.39 is 0 Å². The largest absolute Gasteiger partial charge is 0.341 e. The fourth-order valence-corrected chi connectivity index (χ4v) is 3.71. The van der Waals surface area contributed by atoms with Crippen LogP contribution in [-0.4, -0.2) is 43.1 Å². The molecule has 0 saturated carbocycles. The zero-order valence-corrected chi connectivity index (χ0v) is 14.7. The Morgan fingerprint density at radius 3 is 2.52 bits per heavy atom. The van der Waals surface area contributed by atoms with Crippen molar-refractivity contribution in [2.75, 3.05) is 13.1 Å². The molecule has 0 radical (unpaired) electrons. The van der Waals surface area contributed by atoms with Crippen LogP contribution in [0.5, 0.6) is 0 Å². The van der Waals surface area contributed by atoms with Gasteiger partial charge in [0.2, 0.25) is 5.91 Å². The number of fused-ring (bicyclic) bond motifs is 1. The Balaban J connectivity index is 1.42. The van der Waals surface area contributed by atoms with Gasteiger partial charge in [-0.05, 0) is 51.0 Å². The van der Waals surface area contributed by atoms with Gasteiger partial charge < -0.3 is 9.47 Å². The van der Waals surface area contributed by atoms with E-state index in [2.05, 4.69) is 31.3 Å². The summed E-state index contributed by atoms with van der Waals surface area (Å²) < 4.78 is 4.15. The number of piperidine rings is 1. The molecule has 6 heteroatoms. The second kappa shape index (κ2) is 6.35. The fourth-order valence-electron chi connectivity index (χ4n) is 3.71. The Morgan fingerprint density at radius 1 is 1.08 bits per heavy atom. The quantitative estimate of drug-likeness (QED) is 0.738. The number of carbonyl (C=O) groups excluding carboxylic acids is 1. The first-order valence-corrected chi connectivity index (χ1v) is 8.83. The Hall–Kier alpha value is -2.63. The Morgan fingerprint density at radius 2 is 1.80 bits per heavy atom. The second-order valence-corrected chi connectivity index (χ2v) is 6.84. The highest BCUT2D eigenvalue weighted by Crippen LogP contribution is 2.27. The minimum atomic E-state index is 0.201. The molecule has 1 amide bonds. The zero-order valence-electron chi connectivity index (χ0n) is 14.7.